The molecule has 2 aromatic rings. The number of ether oxygens (including phenoxy) is 1. The maximum atomic E-state index is 12.3. The number of aromatic nitrogens is 2. The van der Waals surface area contributed by atoms with Gasteiger partial charge in [0.25, 0.3) is 5.69 Å². The first-order valence-electron chi connectivity index (χ1n) is 8.71. The molecule has 0 saturated heterocycles. The highest BCUT2D eigenvalue weighted by molar-refractivity contribution is 7.90. The van der Waals surface area contributed by atoms with Crippen molar-refractivity contribution in [3.63, 3.8) is 0 Å². The number of nitro benzene ring substituents is 1. The molecular formula is C17H18N4O7S. The molecule has 0 aliphatic carbocycles. The summed E-state index contributed by atoms with van der Waals surface area (Å²) in [6.45, 7) is 1.86. The highest BCUT2D eigenvalue weighted by atomic mass is 32.2. The number of esters is 1. The molecule has 0 fully saturated rings. The zero-order valence-electron chi connectivity index (χ0n) is 15.5. The van der Waals surface area contributed by atoms with Gasteiger partial charge in [-0.2, -0.15) is 5.10 Å². The zero-order valence-corrected chi connectivity index (χ0v) is 16.3. The Labute approximate surface area is 165 Å². The predicted molar refractivity (Wildman–Crippen MR) is 101 cm³/mol. The quantitative estimate of drug-likeness (QED) is 0.400. The number of amides is 1. The number of carbonyl (C=O) groups is 2. The van der Waals surface area contributed by atoms with Crippen molar-refractivity contribution >= 4 is 33.2 Å². The Morgan fingerprint density at radius 3 is 2.55 bits per heavy atom. The summed E-state index contributed by atoms with van der Waals surface area (Å²) in [5.41, 5.74) is 0.982. The maximum absolute atomic E-state index is 12.3. The Balaban J connectivity index is 1.89. The molecule has 1 aliphatic heterocycles. The van der Waals surface area contributed by atoms with Crippen molar-refractivity contribution in [1.82, 2.24) is 9.78 Å². The molecule has 2 heterocycles. The fourth-order valence-electron chi connectivity index (χ4n) is 2.92. The number of hydrogen-bond acceptors (Lipinski definition) is 8. The molecule has 3 rings (SSSR count). The second kappa shape index (κ2) is 7.99. The fourth-order valence-corrected chi connectivity index (χ4v) is 4.41. The summed E-state index contributed by atoms with van der Waals surface area (Å²) in [6.07, 6.45) is -0.266. The normalized spacial score (nSPS) is 14.2. The lowest BCUT2D eigenvalue weighted by atomic mass is 10.2. The van der Waals surface area contributed by atoms with Gasteiger partial charge < -0.3 is 10.1 Å². The molecule has 0 atom stereocenters. The van der Waals surface area contributed by atoms with Crippen LogP contribution in [-0.4, -0.2) is 41.6 Å². The highest BCUT2D eigenvalue weighted by Crippen LogP contribution is 2.33. The van der Waals surface area contributed by atoms with Crippen molar-refractivity contribution in [1.29, 1.82) is 0 Å². The Morgan fingerprint density at radius 2 is 1.93 bits per heavy atom. The van der Waals surface area contributed by atoms with E-state index < -0.39 is 26.6 Å². The third-order valence-corrected chi connectivity index (χ3v) is 5.65. The largest absolute Gasteiger partial charge is 0.466 e. The predicted octanol–water partition coefficient (Wildman–Crippen LogP) is 1.49. The minimum atomic E-state index is -3.36. The first-order valence-corrected chi connectivity index (χ1v) is 10.5. The second-order valence-corrected chi connectivity index (χ2v) is 8.41. The molecule has 0 spiro atoms. The van der Waals surface area contributed by atoms with Crippen LogP contribution in [0.5, 0.6) is 0 Å². The van der Waals surface area contributed by atoms with Crippen LogP contribution in [0.3, 0.4) is 0 Å². The molecule has 0 unspecified atom stereocenters. The van der Waals surface area contributed by atoms with Gasteiger partial charge in [-0.15, -0.1) is 0 Å². The number of nitrogens with zero attached hydrogens (tertiary/aromatic N) is 3. The van der Waals surface area contributed by atoms with Gasteiger partial charge in [-0.3, -0.25) is 19.7 Å². The molecule has 1 aromatic carbocycles. The van der Waals surface area contributed by atoms with Crippen LogP contribution >= 0.6 is 0 Å². The van der Waals surface area contributed by atoms with Crippen molar-refractivity contribution in [2.24, 2.45) is 0 Å². The molecule has 1 N–H and O–H groups in total. The van der Waals surface area contributed by atoms with E-state index >= 15 is 0 Å². The molecule has 0 saturated carbocycles. The first-order chi connectivity index (χ1) is 13.7. The Kier molecular flexibility index (Phi) is 5.64. The molecule has 154 valence electrons. The number of fused-ring (bicyclic) bond motifs is 1. The first kappa shape index (κ1) is 20.5. The van der Waals surface area contributed by atoms with Crippen molar-refractivity contribution in [3.05, 3.63) is 45.6 Å². The Bertz CT molecular complexity index is 1070. The lowest BCUT2D eigenvalue weighted by Gasteiger charge is -2.11. The summed E-state index contributed by atoms with van der Waals surface area (Å²) in [4.78, 5) is 34.0. The van der Waals surface area contributed by atoms with Gasteiger partial charge in [0.15, 0.2) is 9.84 Å². The molecule has 0 bridgehead atoms. The van der Waals surface area contributed by atoms with Gasteiger partial charge in [-0.05, 0) is 19.1 Å². The SMILES string of the molecule is CCOC(=O)CCC(=O)Nc1c2c(nn1-c1ccc([N+](=O)[O-])cc1)CS(=O)(=O)C2. The number of nitrogens with one attached hydrogen (secondary N) is 1. The van der Waals surface area contributed by atoms with Crippen LogP contribution in [0.2, 0.25) is 0 Å². The van der Waals surface area contributed by atoms with Gasteiger partial charge in [-0.1, -0.05) is 0 Å². The van der Waals surface area contributed by atoms with Crippen LogP contribution in [0.25, 0.3) is 5.69 Å². The number of non-ortho nitro benzene ring substituents is 1. The van der Waals surface area contributed by atoms with E-state index in [1.807, 2.05) is 0 Å². The number of sulfone groups is 1. The van der Waals surface area contributed by atoms with Crippen LogP contribution in [0.15, 0.2) is 24.3 Å². The van der Waals surface area contributed by atoms with Crippen LogP contribution in [0.4, 0.5) is 11.5 Å². The monoisotopic (exact) mass is 422 g/mol. The van der Waals surface area contributed by atoms with Crippen LogP contribution in [-0.2, 0) is 35.7 Å². The van der Waals surface area contributed by atoms with E-state index in [-0.39, 0.29) is 42.5 Å². The summed E-state index contributed by atoms with van der Waals surface area (Å²) in [5.74, 6) is -1.38. The Hall–Kier alpha value is -3.28. The van der Waals surface area contributed by atoms with Gasteiger partial charge in [0.2, 0.25) is 5.91 Å². The molecule has 1 aliphatic rings. The smallest absolute Gasteiger partial charge is 0.306 e. The van der Waals surface area contributed by atoms with Crippen molar-refractivity contribution in [3.8, 4) is 5.69 Å². The molecule has 12 heteroatoms. The van der Waals surface area contributed by atoms with Gasteiger partial charge in [0.1, 0.15) is 5.82 Å². The summed E-state index contributed by atoms with van der Waals surface area (Å²) in [5, 5.41) is 17.7. The second-order valence-electron chi connectivity index (χ2n) is 6.34. The van der Waals surface area contributed by atoms with Crippen LogP contribution in [0, 0.1) is 10.1 Å². The minimum absolute atomic E-state index is 0.115. The number of carbonyl (C=O) groups excluding carboxylic acids is 2. The van der Waals surface area contributed by atoms with E-state index in [9.17, 15) is 28.1 Å². The van der Waals surface area contributed by atoms with E-state index in [0.717, 1.165) is 0 Å². The van der Waals surface area contributed by atoms with E-state index in [4.69, 9.17) is 4.74 Å². The number of hydrogen-bond donors (Lipinski definition) is 1. The number of anilines is 1. The third-order valence-electron chi connectivity index (χ3n) is 4.21. The van der Waals surface area contributed by atoms with Gasteiger partial charge in [-0.25, -0.2) is 13.1 Å². The minimum Gasteiger partial charge on any atom is -0.466 e. The molecule has 1 amide bonds. The Morgan fingerprint density at radius 1 is 1.24 bits per heavy atom. The van der Waals surface area contributed by atoms with E-state index in [1.165, 1.54) is 28.9 Å². The van der Waals surface area contributed by atoms with E-state index in [0.29, 0.717) is 16.9 Å². The summed E-state index contributed by atoms with van der Waals surface area (Å²) in [6, 6.07) is 5.46. The zero-order chi connectivity index (χ0) is 21.2. The number of rotatable bonds is 7. The average molecular weight is 422 g/mol. The standard InChI is InChI=1S/C17H18N4O7S/c1-2-28-16(23)8-7-15(22)18-17-13-9-29(26,27)10-14(13)19-20(17)11-3-5-12(6-4-11)21(24)25/h3-6H,2,7-10H2,1H3,(H,18,22). The van der Waals surface area contributed by atoms with E-state index in [1.54, 1.807) is 6.92 Å². The lowest BCUT2D eigenvalue weighted by molar-refractivity contribution is -0.384. The lowest BCUT2D eigenvalue weighted by Crippen LogP contribution is -2.18. The van der Waals surface area contributed by atoms with Crippen LogP contribution < -0.4 is 5.32 Å². The molecule has 11 nitrogen and oxygen atoms in total. The average Bonchev–Trinajstić information content (AvgIpc) is 3.13. The highest BCUT2D eigenvalue weighted by Gasteiger charge is 2.33. The topological polar surface area (TPSA) is 150 Å². The fraction of sp³-hybridized carbons (Fsp3) is 0.353. The van der Waals surface area contributed by atoms with Gasteiger partial charge in [0.05, 0.1) is 40.8 Å². The maximum Gasteiger partial charge on any atom is 0.306 e. The molecule has 1 aromatic heterocycles. The van der Waals surface area contributed by atoms with Crippen molar-refractivity contribution < 1.29 is 27.7 Å². The number of nitro groups is 1. The van der Waals surface area contributed by atoms with Gasteiger partial charge in [0, 0.05) is 24.1 Å². The number of benzene rings is 1. The van der Waals surface area contributed by atoms with Crippen molar-refractivity contribution in [2.45, 2.75) is 31.3 Å². The summed E-state index contributed by atoms with van der Waals surface area (Å²) in [7, 11) is -3.36. The molecular weight excluding hydrogens is 404 g/mol. The summed E-state index contributed by atoms with van der Waals surface area (Å²) < 4.78 is 30.0. The third kappa shape index (κ3) is 4.59. The molecule has 29 heavy (non-hydrogen) atoms. The van der Waals surface area contributed by atoms with E-state index in [2.05, 4.69) is 10.4 Å². The van der Waals surface area contributed by atoms with Crippen molar-refractivity contribution in [2.75, 3.05) is 11.9 Å². The van der Waals surface area contributed by atoms with Gasteiger partial charge >= 0.3 is 5.97 Å². The summed E-state index contributed by atoms with van der Waals surface area (Å²) >= 11 is 0. The molecule has 0 radical (unpaired) electrons. The van der Waals surface area contributed by atoms with Crippen LogP contribution in [0.1, 0.15) is 31.0 Å².